The van der Waals surface area contributed by atoms with Crippen molar-refractivity contribution >= 4 is 5.91 Å². The number of rotatable bonds is 7. The maximum absolute atomic E-state index is 12.8. The molecule has 1 unspecified atom stereocenters. The Hall–Kier alpha value is -3.05. The third-order valence-electron chi connectivity index (χ3n) is 4.77. The van der Waals surface area contributed by atoms with E-state index in [4.69, 9.17) is 5.73 Å². The SMILES string of the molecule is Cc1ccc(C(Cc2cccnc2)(NCc2cccnc2)C(N)=O)c(C)c1. The first-order valence-electron chi connectivity index (χ1n) is 8.92. The molecule has 0 spiro atoms. The van der Waals surface area contributed by atoms with E-state index in [0.717, 1.165) is 27.8 Å². The molecule has 1 atom stereocenters. The number of aromatic nitrogens is 2. The van der Waals surface area contributed by atoms with Gasteiger partial charge in [0.05, 0.1) is 0 Å². The molecular weight excluding hydrogens is 336 g/mol. The van der Waals surface area contributed by atoms with Crippen molar-refractivity contribution in [2.75, 3.05) is 0 Å². The minimum atomic E-state index is -1.04. The van der Waals surface area contributed by atoms with Crippen LogP contribution in [0.1, 0.15) is 27.8 Å². The van der Waals surface area contributed by atoms with Crippen LogP contribution in [0.25, 0.3) is 0 Å². The smallest absolute Gasteiger partial charge is 0.242 e. The van der Waals surface area contributed by atoms with Gasteiger partial charge in [-0.25, -0.2) is 0 Å². The van der Waals surface area contributed by atoms with E-state index in [0.29, 0.717) is 13.0 Å². The Morgan fingerprint density at radius 3 is 2.26 bits per heavy atom. The first kappa shape index (κ1) is 18.7. The second-order valence-corrected chi connectivity index (χ2v) is 6.84. The summed E-state index contributed by atoms with van der Waals surface area (Å²) in [5, 5.41) is 3.43. The molecule has 27 heavy (non-hydrogen) atoms. The number of aryl methyl sites for hydroxylation is 2. The van der Waals surface area contributed by atoms with Crippen molar-refractivity contribution in [3.63, 3.8) is 0 Å². The normalized spacial score (nSPS) is 13.1. The number of nitrogens with one attached hydrogen (secondary N) is 1. The van der Waals surface area contributed by atoms with E-state index in [9.17, 15) is 4.79 Å². The molecule has 2 heterocycles. The number of carbonyl (C=O) groups excluding carboxylic acids is 1. The molecule has 0 saturated carbocycles. The first-order chi connectivity index (χ1) is 13.0. The molecule has 0 saturated heterocycles. The van der Waals surface area contributed by atoms with Crippen LogP contribution in [0.15, 0.2) is 67.3 Å². The lowest BCUT2D eigenvalue weighted by Gasteiger charge is -2.34. The van der Waals surface area contributed by atoms with Crippen LogP contribution < -0.4 is 11.1 Å². The summed E-state index contributed by atoms with van der Waals surface area (Å²) in [6, 6.07) is 13.7. The van der Waals surface area contributed by atoms with Crippen molar-refractivity contribution < 1.29 is 4.79 Å². The van der Waals surface area contributed by atoms with Crippen LogP contribution in [0.5, 0.6) is 0 Å². The highest BCUT2D eigenvalue weighted by Crippen LogP contribution is 2.30. The monoisotopic (exact) mass is 360 g/mol. The van der Waals surface area contributed by atoms with E-state index in [1.165, 1.54) is 0 Å². The van der Waals surface area contributed by atoms with Gasteiger partial charge < -0.3 is 5.73 Å². The minimum absolute atomic E-state index is 0.415. The Morgan fingerprint density at radius 2 is 1.70 bits per heavy atom. The summed E-state index contributed by atoms with van der Waals surface area (Å²) in [7, 11) is 0. The van der Waals surface area contributed by atoms with Gasteiger partial charge in [0.1, 0.15) is 5.54 Å². The zero-order valence-electron chi connectivity index (χ0n) is 15.6. The van der Waals surface area contributed by atoms with Crippen LogP contribution in [0, 0.1) is 13.8 Å². The number of primary amides is 1. The quantitative estimate of drug-likeness (QED) is 0.679. The lowest BCUT2D eigenvalue weighted by molar-refractivity contribution is -0.125. The van der Waals surface area contributed by atoms with E-state index in [2.05, 4.69) is 21.4 Å². The fourth-order valence-corrected chi connectivity index (χ4v) is 3.42. The van der Waals surface area contributed by atoms with Gasteiger partial charge in [-0.3, -0.25) is 20.1 Å². The van der Waals surface area contributed by atoms with E-state index in [1.54, 1.807) is 24.8 Å². The summed E-state index contributed by atoms with van der Waals surface area (Å²) in [5.74, 6) is -0.415. The Bertz CT molecular complexity index is 912. The molecule has 3 aromatic rings. The van der Waals surface area contributed by atoms with Crippen molar-refractivity contribution in [2.45, 2.75) is 32.4 Å². The highest BCUT2D eigenvalue weighted by atomic mass is 16.1. The molecule has 138 valence electrons. The first-order valence-corrected chi connectivity index (χ1v) is 8.92. The van der Waals surface area contributed by atoms with Crippen LogP contribution in [-0.2, 0) is 23.3 Å². The van der Waals surface area contributed by atoms with E-state index in [-0.39, 0.29) is 0 Å². The van der Waals surface area contributed by atoms with Crippen molar-refractivity contribution in [2.24, 2.45) is 5.73 Å². The summed E-state index contributed by atoms with van der Waals surface area (Å²) >= 11 is 0. The van der Waals surface area contributed by atoms with Crippen LogP contribution in [0.4, 0.5) is 0 Å². The molecule has 5 nitrogen and oxygen atoms in total. The van der Waals surface area contributed by atoms with Gasteiger partial charge in [0.2, 0.25) is 5.91 Å². The number of nitrogens with two attached hydrogens (primary N) is 1. The van der Waals surface area contributed by atoms with E-state index >= 15 is 0 Å². The molecule has 5 heteroatoms. The number of benzene rings is 1. The average molecular weight is 360 g/mol. The van der Waals surface area contributed by atoms with Gasteiger partial charge in [0, 0.05) is 37.8 Å². The zero-order chi connectivity index (χ0) is 19.3. The number of amides is 1. The van der Waals surface area contributed by atoms with E-state index in [1.807, 2.05) is 50.2 Å². The fourth-order valence-electron chi connectivity index (χ4n) is 3.42. The van der Waals surface area contributed by atoms with Crippen molar-refractivity contribution in [3.8, 4) is 0 Å². The molecule has 1 amide bonds. The highest BCUT2D eigenvalue weighted by molar-refractivity contribution is 5.87. The number of hydrogen-bond donors (Lipinski definition) is 2. The van der Waals surface area contributed by atoms with E-state index < -0.39 is 11.4 Å². The molecule has 0 fully saturated rings. The second kappa shape index (κ2) is 8.10. The van der Waals surface area contributed by atoms with Crippen molar-refractivity contribution in [3.05, 3.63) is 95.1 Å². The molecule has 0 radical (unpaired) electrons. The summed E-state index contributed by atoms with van der Waals surface area (Å²) < 4.78 is 0. The van der Waals surface area contributed by atoms with Gasteiger partial charge in [0.25, 0.3) is 0 Å². The van der Waals surface area contributed by atoms with Gasteiger partial charge >= 0.3 is 0 Å². The number of carbonyl (C=O) groups is 1. The highest BCUT2D eigenvalue weighted by Gasteiger charge is 2.39. The lowest BCUT2D eigenvalue weighted by Crippen LogP contribution is -2.54. The Labute approximate surface area is 159 Å². The van der Waals surface area contributed by atoms with Gasteiger partial charge in [-0.2, -0.15) is 0 Å². The molecule has 1 aromatic carbocycles. The average Bonchev–Trinajstić information content (AvgIpc) is 2.67. The second-order valence-electron chi connectivity index (χ2n) is 6.84. The maximum Gasteiger partial charge on any atom is 0.242 e. The van der Waals surface area contributed by atoms with Crippen LogP contribution in [-0.4, -0.2) is 15.9 Å². The molecule has 0 bridgehead atoms. The van der Waals surface area contributed by atoms with Gasteiger partial charge in [-0.15, -0.1) is 0 Å². The number of nitrogens with zero attached hydrogens (tertiary/aromatic N) is 2. The predicted octanol–water partition coefficient (Wildman–Crippen LogP) is 2.81. The largest absolute Gasteiger partial charge is 0.368 e. The third-order valence-corrected chi connectivity index (χ3v) is 4.77. The lowest BCUT2D eigenvalue weighted by atomic mass is 9.80. The molecule has 0 aliphatic heterocycles. The van der Waals surface area contributed by atoms with Crippen molar-refractivity contribution in [1.29, 1.82) is 0 Å². The summed E-state index contributed by atoms with van der Waals surface area (Å²) in [6.07, 6.45) is 7.42. The van der Waals surface area contributed by atoms with Crippen molar-refractivity contribution in [1.82, 2.24) is 15.3 Å². The Balaban J connectivity index is 2.05. The van der Waals surface area contributed by atoms with Gasteiger partial charge in [-0.1, -0.05) is 35.9 Å². The topological polar surface area (TPSA) is 80.9 Å². The molecular formula is C22H24N4O. The molecule has 3 N–H and O–H groups in total. The standard InChI is InChI=1S/C22H24N4O/c1-16-7-8-20(17(2)11-16)22(21(23)27,12-18-5-3-9-24-13-18)26-15-19-6-4-10-25-14-19/h3-11,13-14,26H,12,15H2,1-2H3,(H2,23,27). The summed E-state index contributed by atoms with van der Waals surface area (Å²) in [6.45, 7) is 4.52. The Morgan fingerprint density at radius 1 is 1.04 bits per heavy atom. The number of pyridine rings is 2. The Kier molecular flexibility index (Phi) is 5.62. The molecule has 0 aliphatic carbocycles. The summed E-state index contributed by atoms with van der Waals surface area (Å²) in [5.41, 5.74) is 9.91. The van der Waals surface area contributed by atoms with Gasteiger partial charge in [0.15, 0.2) is 0 Å². The zero-order valence-corrected chi connectivity index (χ0v) is 15.6. The van der Waals surface area contributed by atoms with Crippen LogP contribution >= 0.6 is 0 Å². The van der Waals surface area contributed by atoms with Crippen LogP contribution in [0.3, 0.4) is 0 Å². The van der Waals surface area contributed by atoms with Crippen LogP contribution in [0.2, 0.25) is 0 Å². The maximum atomic E-state index is 12.8. The molecule has 2 aromatic heterocycles. The molecule has 0 aliphatic rings. The minimum Gasteiger partial charge on any atom is -0.368 e. The fraction of sp³-hybridized carbons (Fsp3) is 0.227. The number of hydrogen-bond acceptors (Lipinski definition) is 4. The third kappa shape index (κ3) is 4.20. The molecule has 3 rings (SSSR count). The predicted molar refractivity (Wildman–Crippen MR) is 106 cm³/mol. The van der Waals surface area contributed by atoms with Gasteiger partial charge in [-0.05, 0) is 48.2 Å². The summed E-state index contributed by atoms with van der Waals surface area (Å²) in [4.78, 5) is 21.1.